The first-order valence-electron chi connectivity index (χ1n) is 7.34. The van der Waals surface area contributed by atoms with Crippen molar-refractivity contribution in [3.63, 3.8) is 0 Å². The number of amides is 1. The smallest absolute Gasteiger partial charge is 0.414 e. The van der Waals surface area contributed by atoms with E-state index in [9.17, 15) is 4.79 Å². The monoisotopic (exact) mass is 274 g/mol. The van der Waals surface area contributed by atoms with E-state index in [-0.39, 0.29) is 6.09 Å². The van der Waals surface area contributed by atoms with Gasteiger partial charge in [-0.1, -0.05) is 19.9 Å². The zero-order valence-corrected chi connectivity index (χ0v) is 12.2. The van der Waals surface area contributed by atoms with Crippen LogP contribution in [0.1, 0.15) is 33.1 Å². The highest BCUT2D eigenvalue weighted by Crippen LogP contribution is 2.38. The average Bonchev–Trinajstić information content (AvgIpc) is 2.96. The van der Waals surface area contributed by atoms with Gasteiger partial charge in [0.1, 0.15) is 6.61 Å². The van der Waals surface area contributed by atoms with Crippen LogP contribution in [-0.4, -0.2) is 25.3 Å². The van der Waals surface area contributed by atoms with Crippen molar-refractivity contribution < 1.29 is 9.53 Å². The molecule has 1 aliphatic heterocycles. The van der Waals surface area contributed by atoms with Crippen LogP contribution < -0.4 is 10.2 Å². The van der Waals surface area contributed by atoms with E-state index in [0.717, 1.165) is 11.4 Å². The Kier molecular flexibility index (Phi) is 3.32. The normalized spacial score (nSPS) is 24.8. The predicted octanol–water partition coefficient (Wildman–Crippen LogP) is 3.63. The number of nitrogens with one attached hydrogen (secondary N) is 1. The molecule has 0 radical (unpaired) electrons. The Hall–Kier alpha value is -1.71. The van der Waals surface area contributed by atoms with Crippen molar-refractivity contribution in [3.8, 4) is 0 Å². The average molecular weight is 274 g/mol. The SMILES string of the molecule is CC1(C)CCC(Nc2cccc(N3CCOC3=O)c2)C1. The molecule has 1 amide bonds. The maximum absolute atomic E-state index is 11.6. The fraction of sp³-hybridized carbons (Fsp3) is 0.562. The van der Waals surface area contributed by atoms with E-state index >= 15 is 0 Å². The van der Waals surface area contributed by atoms with Gasteiger partial charge in [-0.2, -0.15) is 0 Å². The molecule has 0 aromatic heterocycles. The van der Waals surface area contributed by atoms with Crippen molar-refractivity contribution in [3.05, 3.63) is 24.3 Å². The van der Waals surface area contributed by atoms with E-state index in [1.54, 1.807) is 4.90 Å². The Morgan fingerprint density at radius 3 is 2.90 bits per heavy atom. The number of nitrogens with zero attached hydrogens (tertiary/aromatic N) is 1. The molecule has 1 atom stereocenters. The molecule has 108 valence electrons. The van der Waals surface area contributed by atoms with Crippen LogP contribution in [0.25, 0.3) is 0 Å². The quantitative estimate of drug-likeness (QED) is 0.915. The fourth-order valence-corrected chi connectivity index (χ4v) is 3.19. The van der Waals surface area contributed by atoms with E-state index < -0.39 is 0 Å². The van der Waals surface area contributed by atoms with Crippen LogP contribution in [0, 0.1) is 5.41 Å². The fourth-order valence-electron chi connectivity index (χ4n) is 3.19. The largest absolute Gasteiger partial charge is 0.447 e. The van der Waals surface area contributed by atoms with Gasteiger partial charge in [0.25, 0.3) is 0 Å². The van der Waals surface area contributed by atoms with Gasteiger partial charge in [-0.3, -0.25) is 4.90 Å². The molecule has 2 fully saturated rings. The molecule has 0 spiro atoms. The van der Waals surface area contributed by atoms with Gasteiger partial charge in [-0.15, -0.1) is 0 Å². The molecule has 20 heavy (non-hydrogen) atoms. The van der Waals surface area contributed by atoms with Gasteiger partial charge in [-0.05, 0) is 42.9 Å². The number of rotatable bonds is 3. The van der Waals surface area contributed by atoms with Crippen molar-refractivity contribution >= 4 is 17.5 Å². The van der Waals surface area contributed by atoms with Gasteiger partial charge in [-0.25, -0.2) is 4.79 Å². The highest BCUT2D eigenvalue weighted by atomic mass is 16.6. The van der Waals surface area contributed by atoms with E-state index in [1.165, 1.54) is 19.3 Å². The highest BCUT2D eigenvalue weighted by molar-refractivity contribution is 5.89. The minimum atomic E-state index is -0.246. The summed E-state index contributed by atoms with van der Waals surface area (Å²) in [6.07, 6.45) is 3.43. The van der Waals surface area contributed by atoms with Gasteiger partial charge >= 0.3 is 6.09 Å². The molecule has 1 aromatic rings. The molecule has 3 rings (SSSR count). The molecule has 1 unspecified atom stereocenters. The van der Waals surface area contributed by atoms with Crippen molar-refractivity contribution in [1.29, 1.82) is 0 Å². The third-order valence-corrected chi connectivity index (χ3v) is 4.26. The molecule has 1 saturated carbocycles. The number of cyclic esters (lactones) is 1. The summed E-state index contributed by atoms with van der Waals surface area (Å²) in [4.78, 5) is 13.3. The highest BCUT2D eigenvalue weighted by Gasteiger charge is 2.31. The molecule has 1 saturated heterocycles. The lowest BCUT2D eigenvalue weighted by molar-refractivity contribution is 0.181. The second-order valence-electron chi connectivity index (χ2n) is 6.56. The van der Waals surface area contributed by atoms with Gasteiger partial charge in [0.15, 0.2) is 0 Å². The van der Waals surface area contributed by atoms with Crippen LogP contribution in [0.2, 0.25) is 0 Å². The Morgan fingerprint density at radius 1 is 1.40 bits per heavy atom. The Morgan fingerprint density at radius 2 is 2.25 bits per heavy atom. The molecule has 1 aliphatic carbocycles. The zero-order valence-electron chi connectivity index (χ0n) is 12.2. The lowest BCUT2D eigenvalue weighted by Crippen LogP contribution is -2.23. The Labute approximate surface area is 120 Å². The molecular formula is C16H22N2O2. The molecule has 1 heterocycles. The van der Waals surface area contributed by atoms with Crippen LogP contribution in [0.5, 0.6) is 0 Å². The number of ether oxygens (including phenoxy) is 1. The van der Waals surface area contributed by atoms with Crippen LogP contribution in [0.4, 0.5) is 16.2 Å². The molecule has 4 heteroatoms. The maximum Gasteiger partial charge on any atom is 0.414 e. The van der Waals surface area contributed by atoms with Crippen LogP contribution >= 0.6 is 0 Å². The summed E-state index contributed by atoms with van der Waals surface area (Å²) in [5, 5.41) is 3.60. The van der Waals surface area contributed by atoms with Crippen molar-refractivity contribution in [2.75, 3.05) is 23.4 Å². The summed E-state index contributed by atoms with van der Waals surface area (Å²) >= 11 is 0. The van der Waals surface area contributed by atoms with Crippen molar-refractivity contribution in [1.82, 2.24) is 0 Å². The van der Waals surface area contributed by atoms with E-state index in [2.05, 4.69) is 25.2 Å². The zero-order chi connectivity index (χ0) is 14.2. The van der Waals surface area contributed by atoms with Gasteiger partial charge in [0.2, 0.25) is 0 Å². The molecule has 2 aliphatic rings. The summed E-state index contributed by atoms with van der Waals surface area (Å²) in [7, 11) is 0. The predicted molar refractivity (Wildman–Crippen MR) is 80.2 cm³/mol. The van der Waals surface area contributed by atoms with Crippen LogP contribution in [-0.2, 0) is 4.74 Å². The van der Waals surface area contributed by atoms with E-state index in [1.807, 2.05) is 18.2 Å². The molecule has 0 bridgehead atoms. The lowest BCUT2D eigenvalue weighted by Gasteiger charge is -2.20. The summed E-state index contributed by atoms with van der Waals surface area (Å²) in [6, 6.07) is 8.58. The first kappa shape index (κ1) is 13.3. The van der Waals surface area contributed by atoms with E-state index in [0.29, 0.717) is 24.6 Å². The Bertz CT molecular complexity index is 513. The topological polar surface area (TPSA) is 41.6 Å². The van der Waals surface area contributed by atoms with E-state index in [4.69, 9.17) is 4.74 Å². The number of benzene rings is 1. The third kappa shape index (κ3) is 2.74. The minimum Gasteiger partial charge on any atom is -0.447 e. The minimum absolute atomic E-state index is 0.246. The number of hydrogen-bond acceptors (Lipinski definition) is 3. The van der Waals surface area contributed by atoms with Crippen LogP contribution in [0.3, 0.4) is 0 Å². The second kappa shape index (κ2) is 5.00. The maximum atomic E-state index is 11.6. The van der Waals surface area contributed by atoms with Gasteiger partial charge in [0.05, 0.1) is 6.54 Å². The number of hydrogen-bond donors (Lipinski definition) is 1. The van der Waals surface area contributed by atoms with Gasteiger partial charge in [0, 0.05) is 17.4 Å². The first-order valence-corrected chi connectivity index (χ1v) is 7.34. The molecule has 1 N–H and O–H groups in total. The number of carbonyl (C=O) groups excluding carboxylic acids is 1. The summed E-state index contributed by atoms with van der Waals surface area (Å²) in [5.41, 5.74) is 2.44. The molecular weight excluding hydrogens is 252 g/mol. The van der Waals surface area contributed by atoms with Crippen molar-refractivity contribution in [2.24, 2.45) is 5.41 Å². The Balaban J connectivity index is 1.70. The van der Waals surface area contributed by atoms with Crippen molar-refractivity contribution in [2.45, 2.75) is 39.2 Å². The first-order chi connectivity index (χ1) is 9.53. The number of carbonyl (C=O) groups is 1. The molecule has 1 aromatic carbocycles. The summed E-state index contributed by atoms with van der Waals surface area (Å²) in [5.74, 6) is 0. The number of anilines is 2. The summed E-state index contributed by atoms with van der Waals surface area (Å²) in [6.45, 7) is 5.77. The lowest BCUT2D eigenvalue weighted by atomic mass is 9.92. The summed E-state index contributed by atoms with van der Waals surface area (Å²) < 4.78 is 4.99. The molecule has 4 nitrogen and oxygen atoms in total. The van der Waals surface area contributed by atoms with Gasteiger partial charge < -0.3 is 10.1 Å². The van der Waals surface area contributed by atoms with Crippen LogP contribution in [0.15, 0.2) is 24.3 Å². The third-order valence-electron chi connectivity index (χ3n) is 4.26. The standard InChI is InChI=1S/C16H22N2O2/c1-16(2)7-6-13(11-16)17-12-4-3-5-14(10-12)18-8-9-20-15(18)19/h3-5,10,13,17H,6-9,11H2,1-2H3. The second-order valence-corrected chi connectivity index (χ2v) is 6.56.